The number of aliphatic hydroxyl groups excluding tert-OH is 2. The van der Waals surface area contributed by atoms with Crippen molar-refractivity contribution < 1.29 is 29.3 Å². The number of carbonyl (C=O) groups excluding carboxylic acids is 2. The fourth-order valence-corrected chi connectivity index (χ4v) is 9.29. The van der Waals surface area contributed by atoms with Gasteiger partial charge in [0.2, 0.25) is 0 Å². The summed E-state index contributed by atoms with van der Waals surface area (Å²) in [6, 6.07) is 0. The Morgan fingerprint density at radius 1 is 0.972 bits per heavy atom. The van der Waals surface area contributed by atoms with Crippen LogP contribution in [0.5, 0.6) is 0 Å². The third-order valence-electron chi connectivity index (χ3n) is 11.4. The lowest BCUT2D eigenvalue weighted by Crippen LogP contribution is -2.58. The van der Waals surface area contributed by atoms with Gasteiger partial charge in [-0.2, -0.15) is 0 Å². The molecule has 0 bridgehead atoms. The summed E-state index contributed by atoms with van der Waals surface area (Å²) < 4.78 is 10.2. The van der Waals surface area contributed by atoms with Crippen LogP contribution in [0, 0.1) is 46.3 Å². The fourth-order valence-electron chi connectivity index (χ4n) is 9.29. The highest BCUT2D eigenvalue weighted by Crippen LogP contribution is 2.68. The third kappa shape index (κ3) is 5.23. The van der Waals surface area contributed by atoms with Crippen LogP contribution in [0.4, 0.5) is 0 Å². The first-order valence-electron chi connectivity index (χ1n) is 14.8. The van der Waals surface area contributed by atoms with Gasteiger partial charge in [0.1, 0.15) is 0 Å². The van der Waals surface area contributed by atoms with E-state index in [1.165, 1.54) is 19.3 Å². The molecule has 4 saturated carbocycles. The van der Waals surface area contributed by atoms with Crippen LogP contribution in [-0.4, -0.2) is 47.6 Å². The number of hydrogen-bond donors (Lipinski definition) is 2. The summed E-state index contributed by atoms with van der Waals surface area (Å²) in [5.41, 5.74) is 0.139. The number of esters is 2. The highest BCUT2D eigenvalue weighted by atomic mass is 16.6. The highest BCUT2D eigenvalue weighted by molar-refractivity contribution is 5.76. The van der Waals surface area contributed by atoms with Crippen LogP contribution in [0.15, 0.2) is 0 Å². The zero-order valence-electron chi connectivity index (χ0n) is 23.0. The molecule has 0 amide bonds. The van der Waals surface area contributed by atoms with Gasteiger partial charge in [0.25, 0.3) is 0 Å². The van der Waals surface area contributed by atoms with Gasteiger partial charge in [0, 0.05) is 6.42 Å². The van der Waals surface area contributed by atoms with Gasteiger partial charge >= 0.3 is 11.9 Å². The number of unbranched alkanes of at least 4 members (excludes halogenated alkanes) is 1. The fraction of sp³-hybridized carbons (Fsp3) is 0.933. The molecule has 206 valence electrons. The maximum atomic E-state index is 12.3. The number of rotatable bonds is 9. The Labute approximate surface area is 217 Å². The monoisotopic (exact) mass is 506 g/mol. The molecule has 6 nitrogen and oxygen atoms in total. The predicted octanol–water partition coefficient (Wildman–Crippen LogP) is 5.28. The predicted molar refractivity (Wildman–Crippen MR) is 138 cm³/mol. The van der Waals surface area contributed by atoms with Crippen LogP contribution < -0.4 is 0 Å². The molecule has 0 saturated heterocycles. The van der Waals surface area contributed by atoms with E-state index >= 15 is 0 Å². The maximum absolute atomic E-state index is 12.3. The van der Waals surface area contributed by atoms with E-state index in [0.29, 0.717) is 48.5 Å². The van der Waals surface area contributed by atoms with E-state index in [-0.39, 0.29) is 35.6 Å². The Morgan fingerprint density at radius 2 is 1.75 bits per heavy atom. The number of aliphatic hydroxyl groups is 2. The van der Waals surface area contributed by atoms with E-state index < -0.39 is 5.97 Å². The van der Waals surface area contributed by atoms with E-state index in [1.54, 1.807) is 0 Å². The molecular formula is C30H50O6. The molecule has 0 heterocycles. The molecule has 0 aromatic carbocycles. The number of hydrogen-bond acceptors (Lipinski definition) is 6. The van der Waals surface area contributed by atoms with Crippen molar-refractivity contribution in [3.63, 3.8) is 0 Å². The molecule has 0 spiro atoms. The van der Waals surface area contributed by atoms with Gasteiger partial charge in [-0.15, -0.1) is 0 Å². The Kier molecular flexibility index (Phi) is 8.76. The lowest BCUT2D eigenvalue weighted by molar-refractivity contribution is -0.175. The smallest absolute Gasteiger partial charge is 0.344 e. The Balaban J connectivity index is 1.33. The molecule has 4 aliphatic rings. The molecule has 0 aliphatic heterocycles. The average Bonchev–Trinajstić information content (AvgIpc) is 3.21. The first-order chi connectivity index (χ1) is 17.1. The molecule has 10 atom stereocenters. The first kappa shape index (κ1) is 27.9. The van der Waals surface area contributed by atoms with Crippen molar-refractivity contribution in [2.75, 3.05) is 13.2 Å². The van der Waals surface area contributed by atoms with Crippen LogP contribution in [-0.2, 0) is 19.1 Å². The van der Waals surface area contributed by atoms with Gasteiger partial charge in [0.05, 0.1) is 18.8 Å². The third-order valence-corrected chi connectivity index (χ3v) is 11.4. The van der Waals surface area contributed by atoms with E-state index in [0.717, 1.165) is 51.4 Å². The summed E-state index contributed by atoms with van der Waals surface area (Å²) in [6.45, 7) is 9.10. The largest absolute Gasteiger partial charge is 0.463 e. The zero-order valence-corrected chi connectivity index (χ0v) is 23.0. The molecule has 0 aromatic heterocycles. The van der Waals surface area contributed by atoms with Crippen LogP contribution in [0.1, 0.15) is 105 Å². The summed E-state index contributed by atoms with van der Waals surface area (Å²) in [5.74, 6) is 2.22. The minimum atomic E-state index is -0.480. The molecule has 0 unspecified atom stereocenters. The van der Waals surface area contributed by atoms with Crippen LogP contribution >= 0.6 is 0 Å². The van der Waals surface area contributed by atoms with Crippen molar-refractivity contribution in [3.8, 4) is 0 Å². The van der Waals surface area contributed by atoms with Crippen molar-refractivity contribution in [1.82, 2.24) is 0 Å². The maximum Gasteiger partial charge on any atom is 0.344 e. The molecule has 0 radical (unpaired) electrons. The molecule has 4 fully saturated rings. The quantitative estimate of drug-likeness (QED) is 0.326. The SMILES string of the molecule is CCCCOC(=O)COC(=O)CC[C@@H](C)[C@H]1CC[C@H]2[C@@H]3CC[C@@H]4C[C@H](O)CC[C@]4(C)[C@H]3C[C@H](O)[C@]12C. The summed E-state index contributed by atoms with van der Waals surface area (Å²) >= 11 is 0. The van der Waals surface area contributed by atoms with Gasteiger partial charge in [-0.3, -0.25) is 4.79 Å². The van der Waals surface area contributed by atoms with Gasteiger partial charge in [0.15, 0.2) is 6.61 Å². The molecule has 36 heavy (non-hydrogen) atoms. The lowest BCUT2D eigenvalue weighted by atomic mass is 9.43. The summed E-state index contributed by atoms with van der Waals surface area (Å²) in [6.07, 6.45) is 10.8. The van der Waals surface area contributed by atoms with Crippen molar-refractivity contribution in [1.29, 1.82) is 0 Å². The van der Waals surface area contributed by atoms with Gasteiger partial charge in [-0.05, 0) is 111 Å². The van der Waals surface area contributed by atoms with E-state index in [9.17, 15) is 19.8 Å². The van der Waals surface area contributed by atoms with Crippen LogP contribution in [0.2, 0.25) is 0 Å². The zero-order chi connectivity index (χ0) is 26.1. The normalized spacial score (nSPS) is 42.6. The number of carbonyl (C=O) groups is 2. The van der Waals surface area contributed by atoms with Crippen LogP contribution in [0.25, 0.3) is 0 Å². The summed E-state index contributed by atoms with van der Waals surface area (Å²) in [5, 5.41) is 22.0. The average molecular weight is 507 g/mol. The van der Waals surface area contributed by atoms with Gasteiger partial charge in [-0.25, -0.2) is 4.79 Å². The van der Waals surface area contributed by atoms with Crippen molar-refractivity contribution in [3.05, 3.63) is 0 Å². The van der Waals surface area contributed by atoms with Crippen molar-refractivity contribution >= 4 is 11.9 Å². The minimum absolute atomic E-state index is 0.106. The molecule has 2 N–H and O–H groups in total. The number of ether oxygens (including phenoxy) is 2. The van der Waals surface area contributed by atoms with Gasteiger partial charge in [-0.1, -0.05) is 34.1 Å². The Bertz CT molecular complexity index is 783. The Hall–Kier alpha value is -1.14. The standard InChI is InChI=1S/C30H50O6/c1-5-6-15-35-28(34)18-36-27(33)12-7-19(2)23-10-11-24-22-9-8-20-16-21(31)13-14-29(20,3)25(22)17-26(32)30(23,24)4/h19-26,31-32H,5-18H2,1-4H3/t19-,20-,21-,22+,23-,24+,25+,26+,29+,30-/m1/s1. The Morgan fingerprint density at radius 3 is 2.50 bits per heavy atom. The van der Waals surface area contributed by atoms with Crippen molar-refractivity contribution in [2.24, 2.45) is 46.3 Å². The molecule has 4 aliphatic carbocycles. The second-order valence-corrected chi connectivity index (χ2v) is 13.1. The molecule has 0 aromatic rings. The van der Waals surface area contributed by atoms with Gasteiger partial charge < -0.3 is 19.7 Å². The lowest BCUT2D eigenvalue weighted by Gasteiger charge is -2.62. The van der Waals surface area contributed by atoms with E-state index in [2.05, 4.69) is 20.8 Å². The molecule has 4 rings (SSSR count). The second kappa shape index (κ2) is 11.3. The summed E-state index contributed by atoms with van der Waals surface area (Å²) in [4.78, 5) is 24.0. The van der Waals surface area contributed by atoms with Crippen LogP contribution in [0.3, 0.4) is 0 Å². The first-order valence-corrected chi connectivity index (χ1v) is 14.8. The van der Waals surface area contributed by atoms with Crippen molar-refractivity contribution in [2.45, 2.75) is 117 Å². The number of fused-ring (bicyclic) bond motifs is 5. The highest BCUT2D eigenvalue weighted by Gasteiger charge is 2.63. The second-order valence-electron chi connectivity index (χ2n) is 13.1. The molecule has 6 heteroatoms. The topological polar surface area (TPSA) is 93.1 Å². The molecular weight excluding hydrogens is 456 g/mol. The minimum Gasteiger partial charge on any atom is -0.463 e. The van der Waals surface area contributed by atoms with E-state index in [1.807, 2.05) is 6.92 Å². The summed E-state index contributed by atoms with van der Waals surface area (Å²) in [7, 11) is 0. The van der Waals surface area contributed by atoms with E-state index in [4.69, 9.17) is 9.47 Å².